The topological polar surface area (TPSA) is 59.9 Å². The van der Waals surface area contributed by atoms with Gasteiger partial charge >= 0.3 is 0 Å². The van der Waals surface area contributed by atoms with Gasteiger partial charge in [0.15, 0.2) is 17.5 Å². The summed E-state index contributed by atoms with van der Waals surface area (Å²) >= 11 is 0. The van der Waals surface area contributed by atoms with Crippen LogP contribution in [0.15, 0.2) is 327 Å². The van der Waals surface area contributed by atoms with Crippen molar-refractivity contribution in [2.75, 3.05) is 9.80 Å². The number of hydrogen-bond acceptors (Lipinski definition) is 5. The van der Waals surface area contributed by atoms with Crippen molar-refractivity contribution in [3.8, 4) is 73.5 Å². The van der Waals surface area contributed by atoms with Gasteiger partial charge in [0.1, 0.15) is 0 Å². The van der Waals surface area contributed by atoms with Crippen LogP contribution >= 0.6 is 0 Å². The molecule has 6 heterocycles. The zero-order valence-corrected chi connectivity index (χ0v) is 70.9. The molecule has 2 aliphatic rings. The SMILES string of the molecule is [2H]c1c([2H])c([2H])c(-c2nc(-c3cc(C(C)(C)C)ccc3N3c4cc(-n5c6c([2H])c([2H])c([2H])c([2H])c6c6c([2H])c([2H])c([2H])c([2H])c65)ccc4B4c5ccc(-n6c7ccc(C(C)(C)C)cc7c7cc(C(C)(C)C)ccc76)cc5N(c5ccc(-c6ccccc6)cc5-c5ccccc5)c5cc(-n6c7ccc(C(C)(C)C)cc7c7cc(C(C)(C)C)ccc76)cc3c54)nc(-c3c([2H])c([2H])c([2H])c([2H])c3[2H])n2)c([2H])c1[2H]. The van der Waals surface area contributed by atoms with Gasteiger partial charge in [-0.1, -0.05) is 310 Å². The molecule has 0 spiro atoms. The Bertz CT molecular complexity index is 8280. The van der Waals surface area contributed by atoms with Crippen molar-refractivity contribution >= 4 is 123 Å². The quantitative estimate of drug-likeness (QED) is 0.128. The van der Waals surface area contributed by atoms with Crippen LogP contribution in [-0.2, 0) is 27.1 Å². The second kappa shape index (κ2) is 28.0. The van der Waals surface area contributed by atoms with E-state index in [1.54, 1.807) is 0 Å². The van der Waals surface area contributed by atoms with Gasteiger partial charge < -0.3 is 23.5 Å². The van der Waals surface area contributed by atoms with Crippen LogP contribution < -0.4 is 26.2 Å². The maximum atomic E-state index is 10.1. The Hall–Kier alpha value is -13.6. The van der Waals surface area contributed by atoms with Crippen LogP contribution in [0.25, 0.3) is 139 Å². The number of para-hydroxylation sites is 2. The van der Waals surface area contributed by atoms with Crippen molar-refractivity contribution in [1.82, 2.24) is 28.7 Å². The van der Waals surface area contributed by atoms with Gasteiger partial charge in [-0.05, 0) is 209 Å². The van der Waals surface area contributed by atoms with Gasteiger partial charge in [-0.25, -0.2) is 15.0 Å². The molecule has 0 radical (unpaired) electrons. The molecule has 19 aromatic rings. The highest BCUT2D eigenvalue weighted by Gasteiger charge is 2.46. The standard InChI is InChI=1S/C113H99BN8/c1-109(2,3)75-45-55-96-86(61-75)87-62-76(110(4,5)6)46-56-97(87)119(96)81-51-53-91-101(67-81)121(95-54-44-74(70-32-20-16-21-33-70)60-85(95)71-34-22-17-23-35-71)103-68-82(120-98-57-47-77(111(7,8)9)63-88(98)89-64-78(112(10,11)12)48-58-99(89)120)69-104-105(103)114(91)92-52-50-80(118-93-42-30-28-40-83(93)84-41-29-31-43-94(84)118)66-102(92)122(104)100-59-49-79(113(13,14)15)65-90(100)108-116-106(72-36-24-18-25-37-72)115-107(117-108)73-38-26-19-27-39-73/h16-69H,1-15H3/i18D,19D,24D,25D,26D,27D,28D,29D,30D,31D,36D,37D,38D,39D,40D,41D,42D,43D. The highest BCUT2D eigenvalue weighted by atomic mass is 15.2. The summed E-state index contributed by atoms with van der Waals surface area (Å²) in [5.41, 5.74) is 17.4. The van der Waals surface area contributed by atoms with Crippen LogP contribution in [0.2, 0.25) is 0 Å². The average Bonchev–Trinajstić information content (AvgIpc) is 1.08. The van der Waals surface area contributed by atoms with E-state index in [9.17, 15) is 21.9 Å². The largest absolute Gasteiger partial charge is 0.311 e. The van der Waals surface area contributed by atoms with Gasteiger partial charge in [-0.15, -0.1) is 0 Å². The summed E-state index contributed by atoms with van der Waals surface area (Å²) in [6.07, 6.45) is 0. The molecule has 21 rings (SSSR count). The molecule has 4 aromatic heterocycles. The number of hydrogen-bond donors (Lipinski definition) is 0. The Morgan fingerprint density at radius 3 is 1.03 bits per heavy atom. The van der Waals surface area contributed by atoms with Crippen molar-refractivity contribution in [3.63, 3.8) is 0 Å². The van der Waals surface area contributed by atoms with Gasteiger partial charge in [0.2, 0.25) is 0 Å². The third-order valence-electron chi connectivity index (χ3n) is 24.7. The molecule has 0 amide bonds. The molecule has 9 heteroatoms. The van der Waals surface area contributed by atoms with E-state index in [-0.39, 0.29) is 60.5 Å². The predicted molar refractivity (Wildman–Crippen MR) is 518 cm³/mol. The van der Waals surface area contributed by atoms with E-state index in [2.05, 4.69) is 248 Å². The second-order valence-corrected chi connectivity index (χ2v) is 37.6. The summed E-state index contributed by atoms with van der Waals surface area (Å²) in [7, 11) is 0. The Kier molecular flexibility index (Phi) is 13.4. The number of fused-ring (bicyclic) bond motifs is 13. The molecule has 0 N–H and O–H groups in total. The monoisotopic (exact) mass is 1600 g/mol. The lowest BCUT2D eigenvalue weighted by atomic mass is 9.33. The highest BCUT2D eigenvalue weighted by molar-refractivity contribution is 7.00. The van der Waals surface area contributed by atoms with Gasteiger partial charge in [0.05, 0.1) is 74.8 Å². The van der Waals surface area contributed by atoms with Crippen LogP contribution in [-0.4, -0.2) is 35.4 Å². The van der Waals surface area contributed by atoms with E-state index in [1.165, 1.54) is 15.7 Å². The van der Waals surface area contributed by atoms with E-state index in [4.69, 9.17) is 17.7 Å². The third kappa shape index (κ3) is 12.6. The van der Waals surface area contributed by atoms with E-state index < -0.39 is 144 Å². The molecule has 2 aliphatic heterocycles. The van der Waals surface area contributed by atoms with Gasteiger partial charge in [0.25, 0.3) is 6.71 Å². The third-order valence-corrected chi connectivity index (χ3v) is 24.7. The maximum absolute atomic E-state index is 10.1. The van der Waals surface area contributed by atoms with E-state index in [1.807, 2.05) is 93.6 Å². The Morgan fingerprint density at radius 1 is 0.246 bits per heavy atom. The fraction of sp³-hybridized carbons (Fsp3) is 0.177. The van der Waals surface area contributed by atoms with Gasteiger partial charge in [0, 0.05) is 88.7 Å². The summed E-state index contributed by atoms with van der Waals surface area (Å²) in [6, 6.07) is 65.4. The van der Waals surface area contributed by atoms with Crippen LogP contribution in [0.3, 0.4) is 0 Å². The second-order valence-electron chi connectivity index (χ2n) is 37.6. The molecule has 0 bridgehead atoms. The first-order valence-corrected chi connectivity index (χ1v) is 41.7. The molecule has 0 saturated heterocycles. The summed E-state index contributed by atoms with van der Waals surface area (Å²) in [4.78, 5) is 19.9. The summed E-state index contributed by atoms with van der Waals surface area (Å²) in [5, 5.41) is 3.86. The van der Waals surface area contributed by atoms with Crippen LogP contribution in [0, 0.1) is 0 Å². The fourth-order valence-electron chi connectivity index (χ4n) is 18.2. The molecule has 0 atom stereocenters. The highest BCUT2D eigenvalue weighted by Crippen LogP contribution is 2.53. The van der Waals surface area contributed by atoms with Crippen LogP contribution in [0.1, 0.15) is 156 Å². The molecule has 0 unspecified atom stereocenters. The first kappa shape index (κ1) is 58.3. The zero-order valence-electron chi connectivity index (χ0n) is 88.9. The van der Waals surface area contributed by atoms with E-state index in [0.717, 1.165) is 105 Å². The molecular formula is C113H99BN8. The minimum Gasteiger partial charge on any atom is -0.311 e. The summed E-state index contributed by atoms with van der Waals surface area (Å²) in [5.74, 6) is -1.24. The first-order valence-electron chi connectivity index (χ1n) is 50.7. The van der Waals surface area contributed by atoms with Crippen LogP contribution in [0.5, 0.6) is 0 Å². The number of nitrogens with zero attached hydrogens (tertiary/aromatic N) is 8. The summed E-state index contributed by atoms with van der Waals surface area (Å²) in [6.45, 7) is 32.0. The molecule has 594 valence electrons. The van der Waals surface area contributed by atoms with Crippen molar-refractivity contribution in [2.45, 2.75) is 131 Å². The van der Waals surface area contributed by atoms with Gasteiger partial charge in [-0.2, -0.15) is 0 Å². The zero-order chi connectivity index (χ0) is 99.5. The lowest BCUT2D eigenvalue weighted by Gasteiger charge is -2.45. The van der Waals surface area contributed by atoms with Crippen molar-refractivity contribution < 1.29 is 24.7 Å². The molecule has 0 saturated carbocycles. The Labute approximate surface area is 741 Å². The van der Waals surface area contributed by atoms with Crippen molar-refractivity contribution in [2.24, 2.45) is 0 Å². The number of benzene rings is 15. The van der Waals surface area contributed by atoms with Crippen molar-refractivity contribution in [1.29, 1.82) is 0 Å². The minimum atomic E-state index is -0.810. The fourth-order valence-corrected chi connectivity index (χ4v) is 18.2. The number of aromatic nitrogens is 6. The minimum absolute atomic E-state index is 0.130. The van der Waals surface area contributed by atoms with E-state index in [0.29, 0.717) is 39.5 Å². The Balaban J connectivity index is 0.983. The predicted octanol–water partition coefficient (Wildman–Crippen LogP) is 28.1. The first-order chi connectivity index (χ1) is 66.1. The normalized spacial score (nSPS) is 15.2. The molecule has 0 fully saturated rings. The Morgan fingerprint density at radius 2 is 0.598 bits per heavy atom. The molecule has 8 nitrogen and oxygen atoms in total. The number of anilines is 6. The number of rotatable bonds is 10. The molecular weight excluding hydrogens is 1480 g/mol. The molecule has 15 aromatic carbocycles. The summed E-state index contributed by atoms with van der Waals surface area (Å²) < 4.78 is 176. The lowest BCUT2D eigenvalue weighted by Crippen LogP contribution is -2.61. The lowest BCUT2D eigenvalue weighted by molar-refractivity contribution is 0.590. The smallest absolute Gasteiger partial charge is 0.252 e. The van der Waals surface area contributed by atoms with E-state index >= 15 is 0 Å². The molecule has 0 aliphatic carbocycles. The maximum Gasteiger partial charge on any atom is 0.252 e. The average molecular weight is 1600 g/mol. The van der Waals surface area contributed by atoms with Crippen molar-refractivity contribution in [3.05, 3.63) is 355 Å². The molecule has 122 heavy (non-hydrogen) atoms. The van der Waals surface area contributed by atoms with Gasteiger partial charge in [-0.3, -0.25) is 0 Å². The van der Waals surface area contributed by atoms with Crippen LogP contribution in [0.4, 0.5) is 34.1 Å².